The number of hydrogen-bond acceptors (Lipinski definition) is 5. The number of carbonyl (C=O) groups is 1. The van der Waals surface area contributed by atoms with E-state index < -0.39 is 0 Å². The van der Waals surface area contributed by atoms with Crippen molar-refractivity contribution in [3.63, 3.8) is 0 Å². The SMILES string of the molecule is Cc1nc(Nc2ccc(Oc3ccccc3)cc2)nc2c1C(=O)CC(C)C2. The number of carbonyl (C=O) groups excluding carboxylic acids is 1. The Morgan fingerprint density at radius 2 is 1.67 bits per heavy atom. The predicted molar refractivity (Wildman–Crippen MR) is 105 cm³/mol. The van der Waals surface area contributed by atoms with Crippen molar-refractivity contribution in [3.8, 4) is 11.5 Å². The molecule has 1 atom stereocenters. The zero-order valence-electron chi connectivity index (χ0n) is 15.4. The average Bonchev–Trinajstić information content (AvgIpc) is 2.63. The van der Waals surface area contributed by atoms with Crippen molar-refractivity contribution in [2.75, 3.05) is 5.32 Å². The van der Waals surface area contributed by atoms with Gasteiger partial charge in [-0.2, -0.15) is 0 Å². The van der Waals surface area contributed by atoms with Crippen molar-refractivity contribution in [2.45, 2.75) is 26.7 Å². The lowest BCUT2D eigenvalue weighted by molar-refractivity contribution is 0.0951. The van der Waals surface area contributed by atoms with Crippen LogP contribution in [0.1, 0.15) is 35.1 Å². The van der Waals surface area contributed by atoms with Crippen LogP contribution in [0.15, 0.2) is 54.6 Å². The Bertz CT molecular complexity index is 969. The number of ether oxygens (including phenoxy) is 1. The Balaban J connectivity index is 1.52. The van der Waals surface area contributed by atoms with Gasteiger partial charge in [-0.05, 0) is 55.7 Å². The largest absolute Gasteiger partial charge is 0.457 e. The molecule has 1 aliphatic carbocycles. The van der Waals surface area contributed by atoms with Crippen LogP contribution in [0.4, 0.5) is 11.6 Å². The summed E-state index contributed by atoms with van der Waals surface area (Å²) in [5.74, 6) is 2.54. The van der Waals surface area contributed by atoms with E-state index in [1.54, 1.807) is 0 Å². The minimum atomic E-state index is 0.148. The maximum atomic E-state index is 12.3. The molecule has 4 rings (SSSR count). The molecule has 0 fully saturated rings. The van der Waals surface area contributed by atoms with Gasteiger partial charge in [-0.1, -0.05) is 25.1 Å². The molecule has 0 saturated carbocycles. The molecule has 0 radical (unpaired) electrons. The first-order chi connectivity index (χ1) is 13.1. The third kappa shape index (κ3) is 3.82. The molecule has 5 heteroatoms. The fraction of sp³-hybridized carbons (Fsp3) is 0.227. The van der Waals surface area contributed by atoms with E-state index >= 15 is 0 Å². The molecule has 5 nitrogen and oxygen atoms in total. The van der Waals surface area contributed by atoms with E-state index in [0.717, 1.165) is 35.0 Å². The zero-order chi connectivity index (χ0) is 18.8. The standard InChI is InChI=1S/C22H21N3O2/c1-14-12-19-21(20(26)13-14)15(2)23-22(25-19)24-16-8-10-18(11-9-16)27-17-6-4-3-5-7-17/h3-11,14H,12-13H2,1-2H3,(H,23,24,25). The van der Waals surface area contributed by atoms with Crippen LogP contribution in [0.3, 0.4) is 0 Å². The van der Waals surface area contributed by atoms with E-state index in [4.69, 9.17) is 4.74 Å². The second-order valence-corrected chi connectivity index (χ2v) is 6.96. The van der Waals surface area contributed by atoms with Gasteiger partial charge in [0.15, 0.2) is 5.78 Å². The summed E-state index contributed by atoms with van der Waals surface area (Å²) < 4.78 is 5.80. The zero-order valence-corrected chi connectivity index (χ0v) is 15.4. The summed E-state index contributed by atoms with van der Waals surface area (Å²) in [6.07, 6.45) is 1.38. The lowest BCUT2D eigenvalue weighted by Gasteiger charge is -2.21. The van der Waals surface area contributed by atoms with Crippen LogP contribution < -0.4 is 10.1 Å². The van der Waals surface area contributed by atoms with Crippen LogP contribution in [-0.2, 0) is 6.42 Å². The van der Waals surface area contributed by atoms with Gasteiger partial charge >= 0.3 is 0 Å². The van der Waals surface area contributed by atoms with Gasteiger partial charge in [0.1, 0.15) is 11.5 Å². The molecular weight excluding hydrogens is 338 g/mol. The van der Waals surface area contributed by atoms with Crippen LogP contribution >= 0.6 is 0 Å². The minimum absolute atomic E-state index is 0.148. The van der Waals surface area contributed by atoms with Gasteiger partial charge in [-0.15, -0.1) is 0 Å². The first-order valence-corrected chi connectivity index (χ1v) is 9.09. The number of fused-ring (bicyclic) bond motifs is 1. The summed E-state index contributed by atoms with van der Waals surface area (Å²) >= 11 is 0. The van der Waals surface area contributed by atoms with Gasteiger partial charge in [-0.25, -0.2) is 9.97 Å². The van der Waals surface area contributed by atoms with Crippen molar-refractivity contribution in [3.05, 3.63) is 71.5 Å². The second kappa shape index (κ2) is 7.19. The number of anilines is 2. The molecule has 0 amide bonds. The lowest BCUT2D eigenvalue weighted by atomic mass is 9.86. The molecule has 1 heterocycles. The predicted octanol–water partition coefficient (Wildman–Crippen LogP) is 5.09. The number of aryl methyl sites for hydroxylation is 1. The number of nitrogens with zero attached hydrogens (tertiary/aromatic N) is 2. The Kier molecular flexibility index (Phi) is 4.59. The molecule has 0 saturated heterocycles. The van der Waals surface area contributed by atoms with Crippen LogP contribution in [0.25, 0.3) is 0 Å². The maximum absolute atomic E-state index is 12.3. The molecule has 1 aliphatic rings. The molecule has 1 aromatic heterocycles. The summed E-state index contributed by atoms with van der Waals surface area (Å²) in [6, 6.07) is 17.3. The summed E-state index contributed by atoms with van der Waals surface area (Å²) in [5, 5.41) is 3.23. The monoisotopic (exact) mass is 359 g/mol. The number of nitrogens with one attached hydrogen (secondary N) is 1. The number of hydrogen-bond donors (Lipinski definition) is 1. The second-order valence-electron chi connectivity index (χ2n) is 6.96. The van der Waals surface area contributed by atoms with Gasteiger partial charge in [0.2, 0.25) is 5.95 Å². The first kappa shape index (κ1) is 17.2. The van der Waals surface area contributed by atoms with Gasteiger partial charge in [0, 0.05) is 12.1 Å². The molecule has 0 aliphatic heterocycles. The maximum Gasteiger partial charge on any atom is 0.227 e. The Morgan fingerprint density at radius 3 is 2.41 bits per heavy atom. The minimum Gasteiger partial charge on any atom is -0.457 e. The van der Waals surface area contributed by atoms with Crippen molar-refractivity contribution >= 4 is 17.4 Å². The smallest absolute Gasteiger partial charge is 0.227 e. The molecule has 1 unspecified atom stereocenters. The molecular formula is C22H21N3O2. The fourth-order valence-electron chi connectivity index (χ4n) is 3.38. The van der Waals surface area contributed by atoms with Crippen molar-refractivity contribution in [1.82, 2.24) is 9.97 Å². The van der Waals surface area contributed by atoms with E-state index in [1.165, 1.54) is 0 Å². The third-order valence-corrected chi connectivity index (χ3v) is 4.61. The normalized spacial score (nSPS) is 15.9. The van der Waals surface area contributed by atoms with E-state index in [9.17, 15) is 4.79 Å². The molecule has 3 aromatic rings. The Labute approximate surface area is 158 Å². The average molecular weight is 359 g/mol. The van der Waals surface area contributed by atoms with Crippen LogP contribution in [-0.4, -0.2) is 15.8 Å². The van der Waals surface area contributed by atoms with E-state index in [2.05, 4.69) is 22.2 Å². The highest BCUT2D eigenvalue weighted by atomic mass is 16.5. The van der Waals surface area contributed by atoms with Crippen molar-refractivity contribution in [1.29, 1.82) is 0 Å². The molecule has 0 spiro atoms. The highest BCUT2D eigenvalue weighted by Crippen LogP contribution is 2.28. The molecule has 1 N–H and O–H groups in total. The van der Waals surface area contributed by atoms with Crippen molar-refractivity contribution in [2.24, 2.45) is 5.92 Å². The summed E-state index contributed by atoms with van der Waals surface area (Å²) in [4.78, 5) is 21.3. The van der Waals surface area contributed by atoms with Gasteiger partial charge in [0.05, 0.1) is 17.0 Å². The molecule has 136 valence electrons. The van der Waals surface area contributed by atoms with Crippen LogP contribution in [0, 0.1) is 12.8 Å². The third-order valence-electron chi connectivity index (χ3n) is 4.61. The van der Waals surface area contributed by atoms with Crippen LogP contribution in [0.2, 0.25) is 0 Å². The van der Waals surface area contributed by atoms with Crippen LogP contribution in [0.5, 0.6) is 11.5 Å². The summed E-state index contributed by atoms with van der Waals surface area (Å²) in [5.41, 5.74) is 3.15. The molecule has 0 bridgehead atoms. The fourth-order valence-corrected chi connectivity index (χ4v) is 3.38. The lowest BCUT2D eigenvalue weighted by Crippen LogP contribution is -2.22. The number of rotatable bonds is 4. The number of Topliss-reactive ketones (excluding diaryl/α,β-unsaturated/α-hetero) is 1. The topological polar surface area (TPSA) is 64.1 Å². The first-order valence-electron chi connectivity index (χ1n) is 9.09. The summed E-state index contributed by atoms with van der Waals surface area (Å²) in [7, 11) is 0. The van der Waals surface area contributed by atoms with E-state index in [-0.39, 0.29) is 5.78 Å². The van der Waals surface area contributed by atoms with Gasteiger partial charge < -0.3 is 10.1 Å². The molecule has 2 aromatic carbocycles. The highest BCUT2D eigenvalue weighted by Gasteiger charge is 2.26. The number of ketones is 1. The van der Waals surface area contributed by atoms with Crippen molar-refractivity contribution < 1.29 is 9.53 Å². The van der Waals surface area contributed by atoms with Gasteiger partial charge in [0.25, 0.3) is 0 Å². The van der Waals surface area contributed by atoms with E-state index in [1.807, 2.05) is 61.5 Å². The quantitative estimate of drug-likeness (QED) is 0.703. The number of aromatic nitrogens is 2. The Morgan fingerprint density at radius 1 is 0.963 bits per heavy atom. The van der Waals surface area contributed by atoms with Gasteiger partial charge in [-0.3, -0.25) is 4.79 Å². The number of benzene rings is 2. The Hall–Kier alpha value is -3.21. The highest BCUT2D eigenvalue weighted by molar-refractivity contribution is 5.99. The summed E-state index contributed by atoms with van der Waals surface area (Å²) in [6.45, 7) is 3.95. The number of para-hydroxylation sites is 1. The molecule has 27 heavy (non-hydrogen) atoms. The van der Waals surface area contributed by atoms with E-state index in [0.29, 0.717) is 23.9 Å².